The van der Waals surface area contributed by atoms with Crippen LogP contribution in [0.25, 0.3) is 0 Å². The number of amides is 1. The molecule has 4 rings (SSSR count). The van der Waals surface area contributed by atoms with E-state index in [9.17, 15) is 9.90 Å². The zero-order chi connectivity index (χ0) is 24.1. The number of fused-ring (bicyclic) bond motifs is 1. The third-order valence-corrected chi connectivity index (χ3v) is 7.55. The number of hydrogen-bond donors (Lipinski definition) is 1. The highest BCUT2D eigenvalue weighted by Crippen LogP contribution is 2.34. The number of nitrogens with zero attached hydrogens (tertiary/aromatic N) is 2. The summed E-state index contributed by atoms with van der Waals surface area (Å²) in [5.74, 6) is 0.782. The average molecular weight is 499 g/mol. The molecule has 2 heterocycles. The Morgan fingerprint density at radius 1 is 1.18 bits per heavy atom. The summed E-state index contributed by atoms with van der Waals surface area (Å²) in [6.07, 6.45) is 0.204. The lowest BCUT2D eigenvalue weighted by Gasteiger charge is -2.38. The van der Waals surface area contributed by atoms with Crippen molar-refractivity contribution in [2.45, 2.75) is 38.5 Å². The van der Waals surface area contributed by atoms with Gasteiger partial charge in [0.2, 0.25) is 5.91 Å². The summed E-state index contributed by atoms with van der Waals surface area (Å²) in [5, 5.41) is 13.5. The molecule has 0 bridgehead atoms. The first-order valence-electron chi connectivity index (χ1n) is 11.6. The molecule has 180 valence electrons. The van der Waals surface area contributed by atoms with Gasteiger partial charge >= 0.3 is 0 Å². The lowest BCUT2D eigenvalue weighted by molar-refractivity contribution is -0.137. The monoisotopic (exact) mass is 498 g/mol. The number of thiophene rings is 1. The molecular formula is C27H31ClN2O3S. The van der Waals surface area contributed by atoms with Gasteiger partial charge < -0.3 is 14.7 Å². The smallest absolute Gasteiger partial charge is 0.237 e. The number of hydrogen-bond acceptors (Lipinski definition) is 5. The van der Waals surface area contributed by atoms with E-state index in [1.165, 1.54) is 10.4 Å². The molecule has 0 aliphatic carbocycles. The van der Waals surface area contributed by atoms with E-state index < -0.39 is 6.10 Å². The Bertz CT molecular complexity index is 1070. The first-order valence-corrected chi connectivity index (χ1v) is 12.9. The van der Waals surface area contributed by atoms with Crippen molar-refractivity contribution >= 4 is 28.8 Å². The van der Waals surface area contributed by atoms with Crippen LogP contribution < -0.4 is 4.74 Å². The third kappa shape index (κ3) is 5.99. The number of carbonyl (C=O) groups excluding carboxylic acids is 1. The Balaban J connectivity index is 1.47. The number of ether oxygens (including phenoxy) is 1. The van der Waals surface area contributed by atoms with E-state index in [1.807, 2.05) is 52.3 Å². The Hall–Kier alpha value is -2.38. The second kappa shape index (κ2) is 11.4. The molecule has 1 aliphatic rings. The molecule has 0 radical (unpaired) electrons. The number of benzene rings is 2. The molecule has 2 atom stereocenters. The van der Waals surface area contributed by atoms with Crippen LogP contribution in [0.3, 0.4) is 0 Å². The van der Waals surface area contributed by atoms with Gasteiger partial charge in [0.25, 0.3) is 0 Å². The van der Waals surface area contributed by atoms with E-state index in [-0.39, 0.29) is 24.5 Å². The minimum atomic E-state index is -0.648. The van der Waals surface area contributed by atoms with E-state index in [2.05, 4.69) is 25.3 Å². The summed E-state index contributed by atoms with van der Waals surface area (Å²) in [6.45, 7) is 5.80. The predicted octanol–water partition coefficient (Wildman–Crippen LogP) is 5.35. The number of aliphatic hydroxyl groups is 1. The summed E-state index contributed by atoms with van der Waals surface area (Å²) in [4.78, 5) is 18.9. The third-order valence-electron chi connectivity index (χ3n) is 6.30. The zero-order valence-electron chi connectivity index (χ0n) is 19.6. The summed E-state index contributed by atoms with van der Waals surface area (Å²) in [5.41, 5.74) is 2.02. The molecule has 2 aromatic carbocycles. The van der Waals surface area contributed by atoms with E-state index >= 15 is 0 Å². The number of carbonyl (C=O) groups is 1. The Morgan fingerprint density at radius 2 is 1.91 bits per heavy atom. The number of aliphatic hydroxyl groups excluding tert-OH is 1. The van der Waals surface area contributed by atoms with Crippen molar-refractivity contribution in [3.05, 3.63) is 87.1 Å². The van der Waals surface area contributed by atoms with Crippen LogP contribution in [0.1, 0.15) is 42.0 Å². The topological polar surface area (TPSA) is 53.0 Å². The average Bonchev–Trinajstić information content (AvgIpc) is 3.32. The van der Waals surface area contributed by atoms with Gasteiger partial charge in [0, 0.05) is 29.0 Å². The molecule has 3 aromatic rings. The number of halogens is 1. The maximum absolute atomic E-state index is 13.6. The van der Waals surface area contributed by atoms with Gasteiger partial charge in [-0.25, -0.2) is 0 Å². The van der Waals surface area contributed by atoms with E-state index in [0.717, 1.165) is 17.7 Å². The highest BCUT2D eigenvalue weighted by Gasteiger charge is 2.33. The van der Waals surface area contributed by atoms with Crippen LogP contribution in [0, 0.1) is 0 Å². The Labute approximate surface area is 210 Å². The normalized spacial score (nSPS) is 16.5. The minimum Gasteiger partial charge on any atom is -0.491 e. The molecule has 7 heteroatoms. The number of rotatable bonds is 9. The van der Waals surface area contributed by atoms with E-state index in [0.29, 0.717) is 24.7 Å². The fourth-order valence-corrected chi connectivity index (χ4v) is 5.36. The SMILES string of the molecule is CC(C)N(CC(=O)N1CCc2sccc2C1COc1ccc(Cl)cc1)CC(O)c1ccccc1. The van der Waals surface area contributed by atoms with Crippen molar-refractivity contribution in [1.82, 2.24) is 9.80 Å². The quantitative estimate of drug-likeness (QED) is 0.432. The second-order valence-corrected chi connectivity index (χ2v) is 10.3. The van der Waals surface area contributed by atoms with Crippen molar-refractivity contribution in [3.63, 3.8) is 0 Å². The molecule has 1 N–H and O–H groups in total. The van der Waals surface area contributed by atoms with Crippen molar-refractivity contribution in [2.24, 2.45) is 0 Å². The standard InChI is InChI=1S/C27H31ClN2O3S/c1-19(2)29(16-25(31)20-6-4-3-5-7-20)17-27(32)30-14-12-26-23(13-15-34-26)24(30)18-33-22-10-8-21(28)9-11-22/h3-11,13,15,19,24-25,31H,12,14,16-18H2,1-2H3. The fraction of sp³-hybridized carbons (Fsp3) is 0.370. The highest BCUT2D eigenvalue weighted by molar-refractivity contribution is 7.10. The first-order chi connectivity index (χ1) is 16.4. The molecule has 34 heavy (non-hydrogen) atoms. The van der Waals surface area contributed by atoms with E-state index in [1.54, 1.807) is 23.5 Å². The summed E-state index contributed by atoms with van der Waals surface area (Å²) >= 11 is 7.73. The fourth-order valence-electron chi connectivity index (χ4n) is 4.31. The summed E-state index contributed by atoms with van der Waals surface area (Å²) in [6, 6.07) is 19.0. The molecule has 1 amide bonds. The Morgan fingerprint density at radius 3 is 2.62 bits per heavy atom. The second-order valence-electron chi connectivity index (χ2n) is 8.87. The van der Waals surface area contributed by atoms with Crippen LogP contribution in [0.4, 0.5) is 0 Å². The van der Waals surface area contributed by atoms with Crippen molar-refractivity contribution in [1.29, 1.82) is 0 Å². The van der Waals surface area contributed by atoms with Crippen LogP contribution in [-0.4, -0.2) is 53.1 Å². The van der Waals surface area contributed by atoms with Gasteiger partial charge in [-0.2, -0.15) is 0 Å². The maximum Gasteiger partial charge on any atom is 0.237 e. The van der Waals surface area contributed by atoms with Crippen molar-refractivity contribution in [2.75, 3.05) is 26.2 Å². The molecule has 0 saturated carbocycles. The maximum atomic E-state index is 13.6. The van der Waals surface area contributed by atoms with Gasteiger partial charge in [0.15, 0.2) is 0 Å². The van der Waals surface area contributed by atoms with Crippen molar-refractivity contribution in [3.8, 4) is 5.75 Å². The van der Waals surface area contributed by atoms with E-state index in [4.69, 9.17) is 16.3 Å². The molecule has 1 aromatic heterocycles. The minimum absolute atomic E-state index is 0.0514. The van der Waals surface area contributed by atoms with Gasteiger partial charge in [-0.05, 0) is 67.1 Å². The van der Waals surface area contributed by atoms with Gasteiger partial charge in [0.05, 0.1) is 18.7 Å². The van der Waals surface area contributed by atoms with Crippen LogP contribution >= 0.6 is 22.9 Å². The van der Waals surface area contributed by atoms with Crippen LogP contribution in [-0.2, 0) is 11.2 Å². The largest absolute Gasteiger partial charge is 0.491 e. The highest BCUT2D eigenvalue weighted by atomic mass is 35.5. The lowest BCUT2D eigenvalue weighted by atomic mass is 10.00. The lowest BCUT2D eigenvalue weighted by Crippen LogP contribution is -2.48. The molecule has 0 saturated heterocycles. The van der Waals surface area contributed by atoms with Crippen LogP contribution in [0.2, 0.25) is 5.02 Å². The summed E-state index contributed by atoms with van der Waals surface area (Å²) in [7, 11) is 0. The molecule has 1 aliphatic heterocycles. The molecular weight excluding hydrogens is 468 g/mol. The summed E-state index contributed by atoms with van der Waals surface area (Å²) < 4.78 is 6.08. The van der Waals surface area contributed by atoms with Crippen LogP contribution in [0.15, 0.2) is 66.0 Å². The van der Waals surface area contributed by atoms with Gasteiger partial charge in [-0.15, -0.1) is 11.3 Å². The zero-order valence-corrected chi connectivity index (χ0v) is 21.1. The molecule has 5 nitrogen and oxygen atoms in total. The molecule has 2 unspecified atom stereocenters. The van der Waals surface area contributed by atoms with Gasteiger partial charge in [0.1, 0.15) is 12.4 Å². The van der Waals surface area contributed by atoms with Crippen molar-refractivity contribution < 1.29 is 14.6 Å². The van der Waals surface area contributed by atoms with Gasteiger partial charge in [-0.1, -0.05) is 41.9 Å². The molecule has 0 fully saturated rings. The molecule has 0 spiro atoms. The van der Waals surface area contributed by atoms with Crippen LogP contribution in [0.5, 0.6) is 5.75 Å². The predicted molar refractivity (Wildman–Crippen MR) is 138 cm³/mol. The first kappa shape index (κ1) is 24.7. The van der Waals surface area contributed by atoms with Gasteiger partial charge in [-0.3, -0.25) is 9.69 Å². The Kier molecular flexibility index (Phi) is 8.27.